The maximum Gasteiger partial charge on any atom is 0.125 e. The number of benzene rings is 1. The Labute approximate surface area is 119 Å². The molecule has 0 aliphatic rings. The van der Waals surface area contributed by atoms with Crippen LogP contribution >= 0.6 is 22.9 Å². The molecule has 1 aromatic carbocycles. The number of alkyl halides is 1. The van der Waals surface area contributed by atoms with Crippen molar-refractivity contribution in [2.24, 2.45) is 0 Å². The summed E-state index contributed by atoms with van der Waals surface area (Å²) in [5.74, 6) is 2.03. The molecule has 3 rings (SSSR count). The number of imidazole rings is 1. The van der Waals surface area contributed by atoms with E-state index in [1.807, 2.05) is 29.1 Å². The molecule has 6 heteroatoms. The van der Waals surface area contributed by atoms with Crippen LogP contribution in [0.15, 0.2) is 29.1 Å². The van der Waals surface area contributed by atoms with Gasteiger partial charge in [-0.3, -0.25) is 0 Å². The van der Waals surface area contributed by atoms with Crippen LogP contribution in [0, 0.1) is 0 Å². The lowest BCUT2D eigenvalue weighted by molar-refractivity contribution is 0.415. The summed E-state index contributed by atoms with van der Waals surface area (Å²) in [5.41, 5.74) is 4.78. The van der Waals surface area contributed by atoms with Crippen LogP contribution in [0.1, 0.15) is 11.5 Å². The highest BCUT2D eigenvalue weighted by Gasteiger charge is 2.12. The van der Waals surface area contributed by atoms with E-state index in [0.29, 0.717) is 12.4 Å². The van der Waals surface area contributed by atoms with Crippen LogP contribution in [0.5, 0.6) is 5.75 Å². The molecule has 0 spiro atoms. The monoisotopic (exact) mass is 293 g/mol. The molecule has 19 heavy (non-hydrogen) atoms. The molecule has 2 aromatic heterocycles. The number of fused-ring (bicyclic) bond motifs is 1. The van der Waals surface area contributed by atoms with Gasteiger partial charge < -0.3 is 9.30 Å². The summed E-state index contributed by atoms with van der Waals surface area (Å²) in [4.78, 5) is 8.85. The van der Waals surface area contributed by atoms with E-state index < -0.39 is 0 Å². The number of hydrogen-bond acceptors (Lipinski definition) is 4. The second kappa shape index (κ2) is 5.19. The van der Waals surface area contributed by atoms with Crippen molar-refractivity contribution in [3.8, 4) is 5.75 Å². The molecule has 0 saturated heterocycles. The topological polar surface area (TPSA) is 39.9 Å². The smallest absolute Gasteiger partial charge is 0.125 e. The summed E-state index contributed by atoms with van der Waals surface area (Å²) < 4.78 is 7.35. The Kier molecular flexibility index (Phi) is 3.40. The Hall–Kier alpha value is -1.59. The number of aromatic nitrogens is 3. The fraction of sp³-hybridized carbons (Fsp3) is 0.231. The van der Waals surface area contributed by atoms with E-state index in [1.54, 1.807) is 18.4 Å². The van der Waals surface area contributed by atoms with Crippen molar-refractivity contribution >= 4 is 34.0 Å². The summed E-state index contributed by atoms with van der Waals surface area (Å²) in [6.45, 7) is 0.676. The Bertz CT molecular complexity index is 693. The van der Waals surface area contributed by atoms with Gasteiger partial charge in [-0.05, 0) is 12.1 Å². The van der Waals surface area contributed by atoms with Gasteiger partial charge in [-0.2, -0.15) is 0 Å². The number of halogens is 1. The lowest BCUT2D eigenvalue weighted by Crippen LogP contribution is -2.04. The van der Waals surface area contributed by atoms with Crippen molar-refractivity contribution in [3.63, 3.8) is 0 Å². The van der Waals surface area contributed by atoms with Gasteiger partial charge in [0, 0.05) is 11.4 Å². The zero-order valence-corrected chi connectivity index (χ0v) is 11.9. The molecule has 0 radical (unpaired) electrons. The minimum atomic E-state index is 0.376. The first-order valence-corrected chi connectivity index (χ1v) is 7.25. The highest BCUT2D eigenvalue weighted by atomic mass is 35.5. The van der Waals surface area contributed by atoms with E-state index in [2.05, 4.69) is 14.5 Å². The van der Waals surface area contributed by atoms with Crippen LogP contribution in [0.3, 0.4) is 0 Å². The van der Waals surface area contributed by atoms with Crippen LogP contribution in [0.2, 0.25) is 0 Å². The molecule has 0 amide bonds. The number of thiazole rings is 1. The highest BCUT2D eigenvalue weighted by Crippen LogP contribution is 2.23. The first kappa shape index (κ1) is 12.4. The molecule has 0 bridgehead atoms. The molecule has 0 unspecified atom stereocenters. The Morgan fingerprint density at radius 3 is 3.00 bits per heavy atom. The van der Waals surface area contributed by atoms with E-state index in [9.17, 15) is 0 Å². The van der Waals surface area contributed by atoms with Crippen molar-refractivity contribution in [1.29, 1.82) is 0 Å². The molecule has 0 saturated carbocycles. The molecule has 4 nitrogen and oxygen atoms in total. The average Bonchev–Trinajstić information content (AvgIpc) is 3.07. The van der Waals surface area contributed by atoms with Gasteiger partial charge in [0.2, 0.25) is 0 Å². The van der Waals surface area contributed by atoms with Gasteiger partial charge in [0.15, 0.2) is 0 Å². The molecule has 3 aromatic rings. The van der Waals surface area contributed by atoms with E-state index >= 15 is 0 Å². The number of nitrogens with zero attached hydrogens (tertiary/aromatic N) is 3. The van der Waals surface area contributed by atoms with Crippen LogP contribution in [0.4, 0.5) is 0 Å². The molecule has 98 valence electrons. The van der Waals surface area contributed by atoms with E-state index in [4.69, 9.17) is 16.3 Å². The predicted molar refractivity (Wildman–Crippen MR) is 77.1 cm³/mol. The average molecular weight is 294 g/mol. The standard InChI is InChI=1S/C13H12ClN3OS/c1-18-10-2-3-11-12(4-10)17(13(5-14)16-11)6-9-7-19-8-15-9/h2-4,7-8H,5-6H2,1H3. The largest absolute Gasteiger partial charge is 0.497 e. The molecule has 0 fully saturated rings. The first-order chi connectivity index (χ1) is 9.31. The lowest BCUT2D eigenvalue weighted by Gasteiger charge is -2.06. The van der Waals surface area contributed by atoms with Crippen LogP contribution in [-0.4, -0.2) is 21.6 Å². The summed E-state index contributed by atoms with van der Waals surface area (Å²) >= 11 is 7.57. The summed E-state index contributed by atoms with van der Waals surface area (Å²) in [5, 5.41) is 2.03. The molecule has 2 heterocycles. The Morgan fingerprint density at radius 1 is 1.42 bits per heavy atom. The van der Waals surface area contributed by atoms with Crippen LogP contribution < -0.4 is 4.74 Å². The zero-order chi connectivity index (χ0) is 13.2. The maximum absolute atomic E-state index is 5.98. The van der Waals surface area contributed by atoms with Crippen LogP contribution in [0.25, 0.3) is 11.0 Å². The second-order valence-electron chi connectivity index (χ2n) is 4.08. The van der Waals surface area contributed by atoms with E-state index in [-0.39, 0.29) is 0 Å². The number of ether oxygens (including phenoxy) is 1. The minimum Gasteiger partial charge on any atom is -0.497 e. The van der Waals surface area contributed by atoms with Gasteiger partial charge in [0.1, 0.15) is 11.6 Å². The van der Waals surface area contributed by atoms with E-state index in [1.165, 1.54) is 0 Å². The summed E-state index contributed by atoms with van der Waals surface area (Å²) in [6, 6.07) is 5.83. The summed E-state index contributed by atoms with van der Waals surface area (Å²) in [6.07, 6.45) is 0. The first-order valence-electron chi connectivity index (χ1n) is 5.78. The fourth-order valence-corrected chi connectivity index (χ4v) is 2.79. The van der Waals surface area contributed by atoms with Gasteiger partial charge >= 0.3 is 0 Å². The van der Waals surface area contributed by atoms with Gasteiger partial charge in [0.05, 0.1) is 41.8 Å². The lowest BCUT2D eigenvalue weighted by atomic mass is 10.3. The third-order valence-corrected chi connectivity index (χ3v) is 3.83. The molecular formula is C13H12ClN3OS. The molecule has 0 aliphatic heterocycles. The third kappa shape index (κ3) is 2.31. The van der Waals surface area contributed by atoms with Gasteiger partial charge in [-0.15, -0.1) is 22.9 Å². The van der Waals surface area contributed by atoms with Crippen molar-refractivity contribution in [2.45, 2.75) is 12.4 Å². The quantitative estimate of drug-likeness (QED) is 0.693. The van der Waals surface area contributed by atoms with Crippen molar-refractivity contribution in [2.75, 3.05) is 7.11 Å². The predicted octanol–water partition coefficient (Wildman–Crippen LogP) is 3.29. The second-order valence-corrected chi connectivity index (χ2v) is 5.07. The fourth-order valence-electron chi connectivity index (χ4n) is 2.04. The SMILES string of the molecule is COc1ccc2nc(CCl)n(Cc3cscn3)c2c1. The van der Waals surface area contributed by atoms with Crippen molar-refractivity contribution in [3.05, 3.63) is 40.6 Å². The Balaban J connectivity index is 2.13. The zero-order valence-electron chi connectivity index (χ0n) is 10.3. The summed E-state index contributed by atoms with van der Waals surface area (Å²) in [7, 11) is 1.66. The minimum absolute atomic E-state index is 0.376. The molecule has 0 atom stereocenters. The molecule has 0 aliphatic carbocycles. The van der Waals surface area contributed by atoms with Crippen molar-refractivity contribution in [1.82, 2.24) is 14.5 Å². The van der Waals surface area contributed by atoms with Crippen molar-refractivity contribution < 1.29 is 4.74 Å². The van der Waals surface area contributed by atoms with Crippen LogP contribution in [-0.2, 0) is 12.4 Å². The third-order valence-electron chi connectivity index (χ3n) is 2.96. The molecule has 0 N–H and O–H groups in total. The number of hydrogen-bond donors (Lipinski definition) is 0. The van der Waals surface area contributed by atoms with Gasteiger partial charge in [-0.25, -0.2) is 9.97 Å². The molecular weight excluding hydrogens is 282 g/mol. The number of rotatable bonds is 4. The Morgan fingerprint density at radius 2 is 2.32 bits per heavy atom. The van der Waals surface area contributed by atoms with Gasteiger partial charge in [0.25, 0.3) is 0 Å². The maximum atomic E-state index is 5.98. The van der Waals surface area contributed by atoms with E-state index in [0.717, 1.165) is 28.3 Å². The van der Waals surface area contributed by atoms with Gasteiger partial charge in [-0.1, -0.05) is 0 Å². The normalized spacial score (nSPS) is 11.1. The number of methoxy groups -OCH3 is 1. The highest BCUT2D eigenvalue weighted by molar-refractivity contribution is 7.07.